The van der Waals surface area contributed by atoms with Crippen molar-refractivity contribution in [2.45, 2.75) is 45.1 Å². The van der Waals surface area contributed by atoms with Crippen LogP contribution in [-0.2, 0) is 4.79 Å². The van der Waals surface area contributed by atoms with E-state index in [2.05, 4.69) is 72.6 Å². The summed E-state index contributed by atoms with van der Waals surface area (Å²) in [5.41, 5.74) is 4.76. The van der Waals surface area contributed by atoms with Crippen LogP contribution in [0, 0.1) is 5.92 Å². The van der Waals surface area contributed by atoms with Crippen molar-refractivity contribution in [2.75, 3.05) is 18.0 Å². The molecular weight excluding hydrogens is 392 g/mol. The summed E-state index contributed by atoms with van der Waals surface area (Å²) in [7, 11) is 0. The molecule has 1 N–H and O–H groups in total. The average molecular weight is 427 g/mol. The highest BCUT2D eigenvalue weighted by Gasteiger charge is 2.20. The molecule has 0 radical (unpaired) electrons. The minimum absolute atomic E-state index is 0.0240. The van der Waals surface area contributed by atoms with E-state index in [0.29, 0.717) is 6.42 Å². The van der Waals surface area contributed by atoms with Gasteiger partial charge in [-0.3, -0.25) is 4.79 Å². The van der Waals surface area contributed by atoms with Gasteiger partial charge in [0.25, 0.3) is 0 Å². The van der Waals surface area contributed by atoms with Crippen molar-refractivity contribution < 1.29 is 4.79 Å². The molecule has 1 heterocycles. The van der Waals surface area contributed by atoms with Crippen molar-refractivity contribution in [1.29, 1.82) is 0 Å². The van der Waals surface area contributed by atoms with Crippen molar-refractivity contribution in [3.05, 3.63) is 102 Å². The van der Waals surface area contributed by atoms with Gasteiger partial charge in [-0.2, -0.15) is 0 Å². The van der Waals surface area contributed by atoms with Gasteiger partial charge in [0.2, 0.25) is 5.91 Å². The molecule has 3 aromatic carbocycles. The van der Waals surface area contributed by atoms with Crippen LogP contribution < -0.4 is 10.2 Å². The predicted molar refractivity (Wildman–Crippen MR) is 133 cm³/mol. The number of rotatable bonds is 7. The molecular formula is C29H34N2O. The molecule has 1 saturated heterocycles. The molecule has 1 amide bonds. The average Bonchev–Trinajstić information content (AvgIpc) is 2.84. The van der Waals surface area contributed by atoms with E-state index in [1.54, 1.807) is 0 Å². The molecule has 32 heavy (non-hydrogen) atoms. The first-order valence-electron chi connectivity index (χ1n) is 11.8. The highest BCUT2D eigenvalue weighted by Crippen LogP contribution is 2.29. The van der Waals surface area contributed by atoms with E-state index in [1.807, 2.05) is 36.4 Å². The Balaban J connectivity index is 1.41. The molecule has 0 aliphatic carbocycles. The summed E-state index contributed by atoms with van der Waals surface area (Å²) in [4.78, 5) is 15.5. The lowest BCUT2D eigenvalue weighted by atomic mass is 9.88. The number of piperidine rings is 1. The Morgan fingerprint density at radius 3 is 2.06 bits per heavy atom. The molecule has 1 aliphatic heterocycles. The SMILES string of the molecule is C[C@@H]1CCCN(c2ccc([C@H](C)NC(=O)CC(c3ccccc3)c3ccccc3)cc2)C1. The number of carbonyl (C=O) groups excluding carboxylic acids is 1. The number of anilines is 1. The molecule has 1 fully saturated rings. The van der Waals surface area contributed by atoms with Gasteiger partial charge in [-0.25, -0.2) is 0 Å². The summed E-state index contributed by atoms with van der Waals surface area (Å²) in [6.45, 7) is 6.66. The number of nitrogens with one attached hydrogen (secondary N) is 1. The summed E-state index contributed by atoms with van der Waals surface area (Å²) in [6, 6.07) is 29.3. The number of hydrogen-bond donors (Lipinski definition) is 1. The minimum atomic E-state index is -0.0240. The highest BCUT2D eigenvalue weighted by atomic mass is 16.1. The lowest BCUT2D eigenvalue weighted by Crippen LogP contribution is -2.34. The van der Waals surface area contributed by atoms with E-state index in [-0.39, 0.29) is 17.9 Å². The quantitative estimate of drug-likeness (QED) is 0.479. The number of nitrogens with zero attached hydrogens (tertiary/aromatic N) is 1. The summed E-state index contributed by atoms with van der Waals surface area (Å²) in [6.07, 6.45) is 3.02. The number of hydrogen-bond acceptors (Lipinski definition) is 2. The van der Waals surface area contributed by atoms with Crippen LogP contribution in [0.3, 0.4) is 0 Å². The molecule has 0 saturated carbocycles. The first-order chi connectivity index (χ1) is 15.6. The lowest BCUT2D eigenvalue weighted by Gasteiger charge is -2.33. The van der Waals surface area contributed by atoms with Crippen molar-refractivity contribution in [3.8, 4) is 0 Å². The maximum Gasteiger partial charge on any atom is 0.221 e. The van der Waals surface area contributed by atoms with Crippen LogP contribution >= 0.6 is 0 Å². The Hall–Kier alpha value is -3.07. The van der Waals surface area contributed by atoms with E-state index in [0.717, 1.165) is 24.6 Å². The predicted octanol–water partition coefficient (Wildman–Crippen LogP) is 6.32. The van der Waals surface area contributed by atoms with Gasteiger partial charge in [-0.1, -0.05) is 79.7 Å². The first-order valence-corrected chi connectivity index (χ1v) is 11.8. The van der Waals surface area contributed by atoms with Crippen molar-refractivity contribution in [3.63, 3.8) is 0 Å². The maximum absolute atomic E-state index is 13.0. The van der Waals surface area contributed by atoms with Gasteiger partial charge in [0.05, 0.1) is 6.04 Å². The topological polar surface area (TPSA) is 32.3 Å². The van der Waals surface area contributed by atoms with Gasteiger partial charge in [-0.15, -0.1) is 0 Å². The Bertz CT molecular complexity index is 945. The fraction of sp³-hybridized carbons (Fsp3) is 0.345. The van der Waals surface area contributed by atoms with E-state index in [9.17, 15) is 4.79 Å². The summed E-state index contributed by atoms with van der Waals surface area (Å²) < 4.78 is 0. The standard InChI is InChI=1S/C29H34N2O/c1-22-10-9-19-31(21-22)27-17-15-24(16-18-27)23(2)30-29(32)20-28(25-11-5-3-6-12-25)26-13-7-4-8-14-26/h3-8,11-18,22-23,28H,9-10,19-21H2,1-2H3,(H,30,32)/t22-,23+/m1/s1. The molecule has 3 aromatic rings. The van der Waals surface area contributed by atoms with Crippen LogP contribution in [0.2, 0.25) is 0 Å². The minimum Gasteiger partial charge on any atom is -0.371 e. The molecule has 1 aliphatic rings. The zero-order valence-electron chi connectivity index (χ0n) is 19.2. The zero-order valence-corrected chi connectivity index (χ0v) is 19.2. The van der Waals surface area contributed by atoms with E-state index in [4.69, 9.17) is 0 Å². The Morgan fingerprint density at radius 2 is 1.50 bits per heavy atom. The third kappa shape index (κ3) is 5.59. The third-order valence-electron chi connectivity index (χ3n) is 6.59. The van der Waals surface area contributed by atoms with Crippen molar-refractivity contribution >= 4 is 11.6 Å². The van der Waals surface area contributed by atoms with Gasteiger partial charge >= 0.3 is 0 Å². The van der Waals surface area contributed by atoms with Gasteiger partial charge < -0.3 is 10.2 Å². The van der Waals surface area contributed by atoms with Crippen LogP contribution in [0.1, 0.15) is 61.8 Å². The van der Waals surface area contributed by atoms with E-state index < -0.39 is 0 Å². The fourth-order valence-electron chi connectivity index (χ4n) is 4.77. The zero-order chi connectivity index (χ0) is 22.3. The normalized spacial score (nSPS) is 17.2. The maximum atomic E-state index is 13.0. The summed E-state index contributed by atoms with van der Waals surface area (Å²) in [5, 5.41) is 3.22. The first kappa shape index (κ1) is 22.1. The molecule has 2 atom stereocenters. The van der Waals surface area contributed by atoms with E-state index in [1.165, 1.54) is 29.7 Å². The van der Waals surface area contributed by atoms with Crippen molar-refractivity contribution in [2.24, 2.45) is 5.92 Å². The fourth-order valence-corrected chi connectivity index (χ4v) is 4.77. The van der Waals surface area contributed by atoms with Gasteiger partial charge in [0.1, 0.15) is 0 Å². The molecule has 166 valence electrons. The number of amides is 1. The molecule has 4 rings (SSSR count). The number of carbonyl (C=O) groups is 1. The van der Waals surface area contributed by atoms with Crippen LogP contribution in [0.25, 0.3) is 0 Å². The Kier molecular flexibility index (Phi) is 7.26. The van der Waals surface area contributed by atoms with Gasteiger partial charge in [0.15, 0.2) is 0 Å². The van der Waals surface area contributed by atoms with Crippen LogP contribution in [0.15, 0.2) is 84.9 Å². The summed E-state index contributed by atoms with van der Waals surface area (Å²) >= 11 is 0. The van der Waals surface area contributed by atoms with E-state index >= 15 is 0 Å². The molecule has 0 unspecified atom stereocenters. The van der Waals surface area contributed by atoms with Crippen LogP contribution in [0.4, 0.5) is 5.69 Å². The lowest BCUT2D eigenvalue weighted by molar-refractivity contribution is -0.121. The Morgan fingerprint density at radius 1 is 0.906 bits per heavy atom. The second kappa shape index (κ2) is 10.5. The third-order valence-corrected chi connectivity index (χ3v) is 6.59. The van der Waals surface area contributed by atoms with Gasteiger partial charge in [0, 0.05) is 31.1 Å². The second-order valence-corrected chi connectivity index (χ2v) is 9.15. The summed E-state index contributed by atoms with van der Waals surface area (Å²) in [5.74, 6) is 0.876. The molecule has 0 bridgehead atoms. The highest BCUT2D eigenvalue weighted by molar-refractivity contribution is 5.78. The largest absolute Gasteiger partial charge is 0.371 e. The van der Waals surface area contributed by atoms with Crippen LogP contribution in [-0.4, -0.2) is 19.0 Å². The smallest absolute Gasteiger partial charge is 0.221 e. The molecule has 3 nitrogen and oxygen atoms in total. The van der Waals surface area contributed by atoms with Gasteiger partial charge in [-0.05, 0) is 54.5 Å². The second-order valence-electron chi connectivity index (χ2n) is 9.15. The molecule has 0 aromatic heterocycles. The van der Waals surface area contributed by atoms with Crippen LogP contribution in [0.5, 0.6) is 0 Å². The Labute approximate surface area is 192 Å². The molecule has 0 spiro atoms. The molecule has 3 heteroatoms. The monoisotopic (exact) mass is 426 g/mol. The van der Waals surface area contributed by atoms with Crippen molar-refractivity contribution in [1.82, 2.24) is 5.32 Å². The number of benzene rings is 3.